The number of benzene rings is 6. The summed E-state index contributed by atoms with van der Waals surface area (Å²) < 4.78 is 31.7. The molecule has 0 unspecified atom stereocenters. The Morgan fingerprint density at radius 1 is 0.490 bits per heavy atom. The number of halogens is 1. The summed E-state index contributed by atoms with van der Waals surface area (Å²) in [5.74, 6) is 2.75. The van der Waals surface area contributed by atoms with Crippen LogP contribution in [0.1, 0.15) is 33.4 Å². The molecule has 51 heavy (non-hydrogen) atoms. The molecule has 0 aliphatic rings. The molecule has 6 aromatic carbocycles. The molecule has 0 bridgehead atoms. The van der Waals surface area contributed by atoms with Crippen LogP contribution in [0.4, 0.5) is 0 Å². The second-order valence-electron chi connectivity index (χ2n) is 12.0. The fourth-order valence-corrected chi connectivity index (χ4v) is 5.98. The Labute approximate surface area is 307 Å². The normalized spacial score (nSPS) is 10.7. The zero-order valence-electron chi connectivity index (χ0n) is 28.4. The molecule has 0 heterocycles. The van der Waals surface area contributed by atoms with Crippen LogP contribution in [0.5, 0.6) is 28.7 Å². The maximum Gasteiger partial charge on any atom is 0.162 e. The molecule has 7 heteroatoms. The van der Waals surface area contributed by atoms with E-state index in [-0.39, 0.29) is 18.6 Å². The van der Waals surface area contributed by atoms with Crippen LogP contribution in [0.25, 0.3) is 0 Å². The highest BCUT2D eigenvalue weighted by atomic mass is 79.9. The number of hydrogen-bond donors (Lipinski definition) is 0. The van der Waals surface area contributed by atoms with Gasteiger partial charge in [0.1, 0.15) is 49.5 Å². The molecule has 6 aromatic rings. The largest absolute Gasteiger partial charge is 0.493 e. The third-order valence-corrected chi connectivity index (χ3v) is 8.93. The van der Waals surface area contributed by atoms with E-state index < -0.39 is 0 Å². The van der Waals surface area contributed by atoms with Crippen molar-refractivity contribution < 1.29 is 28.5 Å². The van der Waals surface area contributed by atoms with E-state index in [9.17, 15) is 4.79 Å². The van der Waals surface area contributed by atoms with Crippen LogP contribution >= 0.6 is 15.9 Å². The average molecular weight is 744 g/mol. The maximum atomic E-state index is 14.0. The number of methoxy groups -OCH3 is 1. The van der Waals surface area contributed by atoms with Crippen LogP contribution in [0.2, 0.25) is 0 Å². The predicted octanol–water partition coefficient (Wildman–Crippen LogP) is 10.1. The van der Waals surface area contributed by atoms with E-state index in [4.69, 9.17) is 23.7 Å². The minimum absolute atomic E-state index is 0.0260. The molecule has 0 saturated heterocycles. The number of hydrogen-bond acceptors (Lipinski definition) is 6. The summed E-state index contributed by atoms with van der Waals surface area (Å²) >= 11 is 3.65. The quantitative estimate of drug-likeness (QED) is 0.0927. The average Bonchev–Trinajstić information content (AvgIpc) is 3.17. The Balaban J connectivity index is 1.29. The third-order valence-electron chi connectivity index (χ3n) is 8.20. The molecular weight excluding hydrogens is 704 g/mol. The van der Waals surface area contributed by atoms with Gasteiger partial charge in [0.05, 0.1) is 7.11 Å². The van der Waals surface area contributed by atoms with Crippen LogP contribution in [0, 0.1) is 0 Å². The van der Waals surface area contributed by atoms with Crippen molar-refractivity contribution in [3.05, 3.63) is 183 Å². The predicted molar refractivity (Wildman–Crippen MR) is 203 cm³/mol. The van der Waals surface area contributed by atoms with Crippen LogP contribution in [-0.4, -0.2) is 12.9 Å². The minimum Gasteiger partial charge on any atom is -0.493 e. The Bertz CT molecular complexity index is 1940. The Morgan fingerprint density at radius 2 is 0.902 bits per heavy atom. The lowest BCUT2D eigenvalue weighted by molar-refractivity contribution is -0.117. The molecular formula is C44H39BrO6. The van der Waals surface area contributed by atoms with E-state index in [1.807, 2.05) is 146 Å². The molecule has 258 valence electrons. The molecule has 0 spiro atoms. The number of Topliss-reactive ketones (excluding diaryl/α,β-unsaturated/α-hetero) is 1. The van der Waals surface area contributed by atoms with Gasteiger partial charge in [-0.3, -0.25) is 4.79 Å². The molecule has 0 saturated carbocycles. The van der Waals surface area contributed by atoms with Crippen molar-refractivity contribution in [2.75, 3.05) is 7.11 Å². The van der Waals surface area contributed by atoms with Gasteiger partial charge in [-0.05, 0) is 39.9 Å². The number of carbonyl (C=O) groups is 1. The van der Waals surface area contributed by atoms with Gasteiger partial charge in [0.15, 0.2) is 11.5 Å². The van der Waals surface area contributed by atoms with Crippen molar-refractivity contribution in [3.8, 4) is 28.7 Å². The van der Waals surface area contributed by atoms with Crippen LogP contribution < -0.4 is 23.7 Å². The number of rotatable bonds is 17. The van der Waals surface area contributed by atoms with E-state index in [0.29, 0.717) is 60.7 Å². The van der Waals surface area contributed by atoms with Crippen molar-refractivity contribution in [1.29, 1.82) is 0 Å². The van der Waals surface area contributed by atoms with E-state index in [1.165, 1.54) is 0 Å². The summed E-state index contributed by atoms with van der Waals surface area (Å²) in [7, 11) is 1.60. The Kier molecular flexibility index (Phi) is 12.4. The van der Waals surface area contributed by atoms with Gasteiger partial charge in [-0.1, -0.05) is 137 Å². The highest BCUT2D eigenvalue weighted by Gasteiger charge is 2.21. The van der Waals surface area contributed by atoms with Gasteiger partial charge >= 0.3 is 0 Å². The summed E-state index contributed by atoms with van der Waals surface area (Å²) in [5, 5.41) is 0. The standard InChI is InChI=1S/C44H39BrO6/c1-47-43-27-40(45)36(23-44(43)51-31-35-20-12-5-13-21-35)22-37(46)24-39-41(49-29-33-16-8-3-9-17-33)25-38(48-28-32-14-6-2-7-15-32)26-42(39)50-30-34-18-10-4-11-19-34/h2-21,23,25-27H,22,24,28-31H2,1H3. The van der Waals surface area contributed by atoms with Crippen molar-refractivity contribution in [2.45, 2.75) is 39.3 Å². The maximum absolute atomic E-state index is 14.0. The van der Waals surface area contributed by atoms with Crippen LogP contribution in [-0.2, 0) is 44.1 Å². The Morgan fingerprint density at radius 3 is 1.33 bits per heavy atom. The lowest BCUT2D eigenvalue weighted by Gasteiger charge is -2.19. The molecule has 6 rings (SSSR count). The fourth-order valence-electron chi connectivity index (χ4n) is 5.51. The van der Waals surface area contributed by atoms with E-state index in [0.717, 1.165) is 32.3 Å². The molecule has 0 aliphatic heterocycles. The van der Waals surface area contributed by atoms with Gasteiger partial charge in [-0.25, -0.2) is 0 Å². The lowest BCUT2D eigenvalue weighted by Crippen LogP contribution is -2.12. The lowest BCUT2D eigenvalue weighted by atomic mass is 10.0. The highest BCUT2D eigenvalue weighted by Crippen LogP contribution is 2.38. The van der Waals surface area contributed by atoms with Gasteiger partial charge in [-0.2, -0.15) is 0 Å². The molecule has 0 radical (unpaired) electrons. The summed E-state index contributed by atoms with van der Waals surface area (Å²) in [6.45, 7) is 1.37. The first kappa shape index (κ1) is 35.3. The zero-order valence-corrected chi connectivity index (χ0v) is 30.0. The van der Waals surface area contributed by atoms with Gasteiger partial charge in [0, 0.05) is 35.0 Å². The summed E-state index contributed by atoms with van der Waals surface area (Å²) in [5.41, 5.74) is 5.51. The molecule has 0 aliphatic carbocycles. The molecule has 0 aromatic heterocycles. The first-order valence-corrected chi connectivity index (χ1v) is 17.6. The second kappa shape index (κ2) is 17.9. The number of carbonyl (C=O) groups excluding carboxylic acids is 1. The van der Waals surface area contributed by atoms with E-state index in [2.05, 4.69) is 15.9 Å². The van der Waals surface area contributed by atoms with Crippen molar-refractivity contribution in [2.24, 2.45) is 0 Å². The monoisotopic (exact) mass is 742 g/mol. The first-order chi connectivity index (χ1) is 25.0. The topological polar surface area (TPSA) is 63.2 Å². The zero-order chi connectivity index (χ0) is 35.3. The summed E-state index contributed by atoms with van der Waals surface area (Å²) in [4.78, 5) is 14.0. The number of ether oxygens (including phenoxy) is 5. The third kappa shape index (κ3) is 10.2. The molecule has 0 N–H and O–H groups in total. The first-order valence-electron chi connectivity index (χ1n) is 16.8. The molecule has 0 amide bonds. The van der Waals surface area contributed by atoms with Crippen molar-refractivity contribution in [1.82, 2.24) is 0 Å². The van der Waals surface area contributed by atoms with E-state index >= 15 is 0 Å². The van der Waals surface area contributed by atoms with Crippen molar-refractivity contribution >= 4 is 21.7 Å². The van der Waals surface area contributed by atoms with Crippen molar-refractivity contribution in [3.63, 3.8) is 0 Å². The molecule has 0 atom stereocenters. The number of ketones is 1. The fraction of sp³-hybridized carbons (Fsp3) is 0.159. The highest BCUT2D eigenvalue weighted by molar-refractivity contribution is 9.10. The van der Waals surface area contributed by atoms with E-state index in [1.54, 1.807) is 7.11 Å². The van der Waals surface area contributed by atoms with Gasteiger partial charge in [0.2, 0.25) is 0 Å². The van der Waals surface area contributed by atoms with Gasteiger partial charge < -0.3 is 23.7 Å². The SMILES string of the molecule is COc1cc(Br)c(CC(=O)Cc2c(OCc3ccccc3)cc(OCc3ccccc3)cc2OCc2ccccc2)cc1OCc1ccccc1. The Hall–Kier alpha value is -5.53. The van der Waals surface area contributed by atoms with Gasteiger partial charge in [-0.15, -0.1) is 0 Å². The summed E-state index contributed by atoms with van der Waals surface area (Å²) in [6.07, 6.45) is 0.223. The van der Waals surface area contributed by atoms with Crippen LogP contribution in [0.3, 0.4) is 0 Å². The molecule has 0 fully saturated rings. The van der Waals surface area contributed by atoms with Gasteiger partial charge in [0.25, 0.3) is 0 Å². The summed E-state index contributed by atoms with van der Waals surface area (Å²) in [6, 6.07) is 47.1. The van der Waals surface area contributed by atoms with Crippen LogP contribution in [0.15, 0.2) is 150 Å². The molecule has 6 nitrogen and oxygen atoms in total. The minimum atomic E-state index is -0.0260. The smallest absolute Gasteiger partial charge is 0.162 e. The second-order valence-corrected chi connectivity index (χ2v) is 12.8.